The molecule has 106 valence electrons. The third-order valence-electron chi connectivity index (χ3n) is 3.66. The lowest BCUT2D eigenvalue weighted by atomic mass is 10.0. The minimum atomic E-state index is -1.21. The summed E-state index contributed by atoms with van der Waals surface area (Å²) in [6, 6.07) is 20.9. The number of rotatable bonds is 6. The van der Waals surface area contributed by atoms with Crippen LogP contribution < -0.4 is 0 Å². The predicted octanol–water partition coefficient (Wildman–Crippen LogP) is 5.65. The second-order valence-electron chi connectivity index (χ2n) is 5.27. The highest BCUT2D eigenvalue weighted by atomic mass is 35.6. The highest BCUT2D eigenvalue weighted by Gasteiger charge is 2.14. The van der Waals surface area contributed by atoms with Gasteiger partial charge < -0.3 is 0 Å². The third kappa shape index (κ3) is 4.66. The van der Waals surface area contributed by atoms with Crippen molar-refractivity contribution in [2.24, 2.45) is 0 Å². The topological polar surface area (TPSA) is 0 Å². The summed E-state index contributed by atoms with van der Waals surface area (Å²) >= 11 is 12.8. The van der Waals surface area contributed by atoms with Crippen LogP contribution in [0, 0.1) is 0 Å². The molecule has 0 saturated carbocycles. The first-order chi connectivity index (χ1) is 9.66. The smallest absolute Gasteiger partial charge is 0.141 e. The van der Waals surface area contributed by atoms with Crippen molar-refractivity contribution in [3.8, 4) is 0 Å². The molecule has 0 bridgehead atoms. The number of aryl methyl sites for hydroxylation is 1. The van der Waals surface area contributed by atoms with E-state index in [9.17, 15) is 0 Å². The Morgan fingerprint density at radius 3 is 2.35 bits per heavy atom. The van der Waals surface area contributed by atoms with E-state index in [-0.39, 0.29) is 0 Å². The summed E-state index contributed by atoms with van der Waals surface area (Å²) in [7, 11) is -1.21. The van der Waals surface area contributed by atoms with Crippen LogP contribution in [0.2, 0.25) is 17.1 Å². The Bertz CT molecular complexity index is 528. The fourth-order valence-electron chi connectivity index (χ4n) is 2.43. The summed E-state index contributed by atoms with van der Waals surface area (Å²) in [6.07, 6.45) is 1.00. The maximum atomic E-state index is 6.62. The molecule has 20 heavy (non-hydrogen) atoms. The second-order valence-corrected chi connectivity index (χ2v) is 9.78. The van der Waals surface area contributed by atoms with Crippen molar-refractivity contribution in [1.29, 1.82) is 0 Å². The maximum absolute atomic E-state index is 6.62. The van der Waals surface area contributed by atoms with Gasteiger partial charge in [0.15, 0.2) is 0 Å². The van der Waals surface area contributed by atoms with Gasteiger partial charge in [0.05, 0.1) is 0 Å². The van der Waals surface area contributed by atoms with Crippen molar-refractivity contribution < 1.29 is 0 Å². The Kier molecular flexibility index (Phi) is 6.15. The van der Waals surface area contributed by atoms with Crippen LogP contribution in [-0.4, -0.2) is 8.11 Å². The first kappa shape index (κ1) is 15.6. The van der Waals surface area contributed by atoms with Crippen LogP contribution in [0.1, 0.15) is 24.0 Å². The van der Waals surface area contributed by atoms with Gasteiger partial charge in [0.25, 0.3) is 0 Å². The number of hydrogen-bond acceptors (Lipinski definition) is 0. The van der Waals surface area contributed by atoms with Gasteiger partial charge in [-0.15, -0.1) is 0 Å². The number of benzene rings is 2. The third-order valence-corrected chi connectivity index (χ3v) is 7.35. The van der Waals surface area contributed by atoms with Crippen LogP contribution in [0.4, 0.5) is 0 Å². The van der Waals surface area contributed by atoms with E-state index in [1.807, 2.05) is 18.2 Å². The molecule has 0 N–H and O–H groups in total. The van der Waals surface area contributed by atoms with E-state index in [0.29, 0.717) is 5.92 Å². The molecule has 0 amide bonds. The lowest BCUT2D eigenvalue weighted by Crippen LogP contribution is -2.09. The Hall–Kier alpha value is -0.763. The molecule has 0 aliphatic rings. The van der Waals surface area contributed by atoms with E-state index in [4.69, 9.17) is 22.7 Å². The quantitative estimate of drug-likeness (QED) is 0.476. The largest absolute Gasteiger partial charge is 0.172 e. The molecular weight excluding hydrogens is 303 g/mol. The molecule has 2 aromatic rings. The van der Waals surface area contributed by atoms with Gasteiger partial charge in [-0.3, -0.25) is 0 Å². The summed E-state index contributed by atoms with van der Waals surface area (Å²) in [5.74, 6) is 0.552. The van der Waals surface area contributed by atoms with Crippen LogP contribution in [-0.2, 0) is 6.42 Å². The van der Waals surface area contributed by atoms with Gasteiger partial charge >= 0.3 is 0 Å². The molecule has 0 aliphatic carbocycles. The average molecular weight is 323 g/mol. The zero-order valence-electron chi connectivity index (χ0n) is 11.7. The molecule has 0 nitrogen and oxygen atoms in total. The molecule has 2 unspecified atom stereocenters. The highest BCUT2D eigenvalue weighted by molar-refractivity contribution is 7.07. The Balaban J connectivity index is 1.84. The van der Waals surface area contributed by atoms with Crippen molar-refractivity contribution in [1.82, 2.24) is 0 Å². The first-order valence-corrected chi connectivity index (χ1v) is 10.8. The van der Waals surface area contributed by atoms with E-state index < -0.39 is 8.11 Å². The molecule has 0 fully saturated rings. The standard InChI is InChI=1S/C17H20Cl2Si/c1-14(15-7-3-2-4-8-15)13-20(19)12-11-16-9-5-6-10-17(16)18/h2-10,14,20H,11-13H2,1H3. The molecule has 2 aromatic carbocycles. The van der Waals surface area contributed by atoms with Crippen LogP contribution >= 0.6 is 22.7 Å². The van der Waals surface area contributed by atoms with Crippen molar-refractivity contribution in [2.45, 2.75) is 31.4 Å². The first-order valence-electron chi connectivity index (χ1n) is 7.09. The van der Waals surface area contributed by atoms with Gasteiger partial charge in [-0.05, 0) is 41.6 Å². The summed E-state index contributed by atoms with van der Waals surface area (Å²) in [4.78, 5) is 0. The lowest BCUT2D eigenvalue weighted by molar-refractivity contribution is 0.851. The van der Waals surface area contributed by atoms with Crippen LogP contribution in [0.25, 0.3) is 0 Å². The van der Waals surface area contributed by atoms with E-state index in [2.05, 4.69) is 43.3 Å². The molecule has 2 atom stereocenters. The monoisotopic (exact) mass is 322 g/mol. The molecule has 0 aromatic heterocycles. The van der Waals surface area contributed by atoms with Crippen LogP contribution in [0.5, 0.6) is 0 Å². The molecule has 0 saturated heterocycles. The highest BCUT2D eigenvalue weighted by Crippen LogP contribution is 2.25. The van der Waals surface area contributed by atoms with E-state index >= 15 is 0 Å². The van der Waals surface area contributed by atoms with Gasteiger partial charge in [0.2, 0.25) is 0 Å². The molecular formula is C17H20Cl2Si. The summed E-state index contributed by atoms with van der Waals surface area (Å²) < 4.78 is 0. The van der Waals surface area contributed by atoms with Gasteiger partial charge in [-0.1, -0.05) is 67.1 Å². The fraction of sp³-hybridized carbons (Fsp3) is 0.294. The molecule has 2 rings (SSSR count). The summed E-state index contributed by atoms with van der Waals surface area (Å²) in [5, 5.41) is 0.862. The van der Waals surface area contributed by atoms with Crippen molar-refractivity contribution in [3.63, 3.8) is 0 Å². The minimum Gasteiger partial charge on any atom is -0.172 e. The predicted molar refractivity (Wildman–Crippen MR) is 92.6 cm³/mol. The molecule has 0 aliphatic heterocycles. The molecule has 0 radical (unpaired) electrons. The summed E-state index contributed by atoms with van der Waals surface area (Å²) in [5.41, 5.74) is 2.61. The average Bonchev–Trinajstić information content (AvgIpc) is 2.47. The number of halogens is 2. The zero-order valence-corrected chi connectivity index (χ0v) is 14.4. The summed E-state index contributed by atoms with van der Waals surface area (Å²) in [6.45, 7) is 2.27. The Labute approximate surface area is 133 Å². The second kappa shape index (κ2) is 7.87. The van der Waals surface area contributed by atoms with Crippen molar-refractivity contribution in [3.05, 3.63) is 70.7 Å². The zero-order chi connectivity index (χ0) is 14.4. The molecule has 0 heterocycles. The normalized spacial score (nSPS) is 13.9. The Morgan fingerprint density at radius 1 is 1.00 bits per heavy atom. The molecule has 3 heteroatoms. The van der Waals surface area contributed by atoms with Gasteiger partial charge in [-0.2, -0.15) is 11.1 Å². The maximum Gasteiger partial charge on any atom is 0.141 e. The SMILES string of the molecule is CC(C[SiH](Cl)CCc1ccccc1Cl)c1ccccc1. The van der Waals surface area contributed by atoms with Gasteiger partial charge in [0.1, 0.15) is 8.11 Å². The van der Waals surface area contributed by atoms with Crippen LogP contribution in [0.15, 0.2) is 54.6 Å². The van der Waals surface area contributed by atoms with Gasteiger partial charge in [-0.25, -0.2) is 0 Å². The van der Waals surface area contributed by atoms with Crippen molar-refractivity contribution >= 4 is 30.8 Å². The molecule has 0 spiro atoms. The van der Waals surface area contributed by atoms with E-state index in [1.165, 1.54) is 11.1 Å². The van der Waals surface area contributed by atoms with Crippen molar-refractivity contribution in [2.75, 3.05) is 0 Å². The minimum absolute atomic E-state index is 0.552. The fourth-order valence-corrected chi connectivity index (χ4v) is 5.69. The van der Waals surface area contributed by atoms with E-state index in [0.717, 1.165) is 23.5 Å². The van der Waals surface area contributed by atoms with Crippen LogP contribution in [0.3, 0.4) is 0 Å². The number of hydrogen-bond donors (Lipinski definition) is 0. The van der Waals surface area contributed by atoms with E-state index in [1.54, 1.807) is 0 Å². The van der Waals surface area contributed by atoms with Gasteiger partial charge in [0, 0.05) is 5.02 Å². The Morgan fingerprint density at radius 2 is 1.65 bits per heavy atom. The lowest BCUT2D eigenvalue weighted by Gasteiger charge is -2.15.